The standard InChI is InChI=1S/C21H22N6OS/c22-13-14-5-9-27(10-6-14)19-20(24-8-7-23-19)28-16-11-15(12-16)25-21-26-17-3-1-2-4-18(17)29-21/h1-4,7-8,14-16H,5-6,9-12H2,(H,25,26)/t15-,16-. The van der Waals surface area contributed by atoms with Gasteiger partial charge < -0.3 is 15.0 Å². The van der Waals surface area contributed by atoms with Crippen molar-refractivity contribution in [3.8, 4) is 11.9 Å². The lowest BCUT2D eigenvalue weighted by atomic mass is 9.89. The monoisotopic (exact) mass is 406 g/mol. The van der Waals surface area contributed by atoms with Gasteiger partial charge in [0.15, 0.2) is 10.9 Å². The maximum Gasteiger partial charge on any atom is 0.257 e. The van der Waals surface area contributed by atoms with Crippen molar-refractivity contribution >= 4 is 32.5 Å². The van der Waals surface area contributed by atoms with Crippen LogP contribution in [0.1, 0.15) is 25.7 Å². The fourth-order valence-corrected chi connectivity index (χ4v) is 4.83. The molecule has 1 saturated heterocycles. The molecule has 1 aromatic carbocycles. The Morgan fingerprint density at radius 2 is 1.93 bits per heavy atom. The van der Waals surface area contributed by atoms with E-state index < -0.39 is 0 Å². The lowest BCUT2D eigenvalue weighted by Gasteiger charge is -2.36. The molecule has 2 aromatic heterocycles. The van der Waals surface area contributed by atoms with Crippen molar-refractivity contribution in [3.63, 3.8) is 0 Å². The average molecular weight is 407 g/mol. The summed E-state index contributed by atoms with van der Waals surface area (Å²) in [5, 5.41) is 13.6. The molecule has 0 atom stereocenters. The number of hydrogen-bond acceptors (Lipinski definition) is 8. The fourth-order valence-electron chi connectivity index (χ4n) is 3.88. The topological polar surface area (TPSA) is 87.0 Å². The van der Waals surface area contributed by atoms with Gasteiger partial charge in [-0.05, 0) is 25.0 Å². The van der Waals surface area contributed by atoms with Gasteiger partial charge in [-0.1, -0.05) is 23.5 Å². The molecular weight excluding hydrogens is 384 g/mol. The van der Waals surface area contributed by atoms with E-state index in [4.69, 9.17) is 10.00 Å². The van der Waals surface area contributed by atoms with Crippen molar-refractivity contribution in [1.82, 2.24) is 15.0 Å². The Hall–Kier alpha value is -2.92. The van der Waals surface area contributed by atoms with Gasteiger partial charge in [0, 0.05) is 50.3 Å². The van der Waals surface area contributed by atoms with Gasteiger partial charge >= 0.3 is 0 Å². The number of piperidine rings is 1. The van der Waals surface area contributed by atoms with Crippen molar-refractivity contribution in [2.24, 2.45) is 5.92 Å². The van der Waals surface area contributed by atoms with Crippen LogP contribution in [-0.2, 0) is 0 Å². The van der Waals surface area contributed by atoms with Crippen molar-refractivity contribution in [2.75, 3.05) is 23.3 Å². The molecule has 0 bridgehead atoms. The summed E-state index contributed by atoms with van der Waals surface area (Å²) in [6.07, 6.45) is 7.08. The fraction of sp³-hybridized carbons (Fsp3) is 0.429. The van der Waals surface area contributed by atoms with E-state index in [0.29, 0.717) is 11.9 Å². The zero-order valence-corrected chi connectivity index (χ0v) is 16.8. The minimum Gasteiger partial charge on any atom is -0.472 e. The van der Waals surface area contributed by atoms with E-state index in [2.05, 4.69) is 37.3 Å². The molecule has 3 aromatic rings. The van der Waals surface area contributed by atoms with Crippen LogP contribution >= 0.6 is 11.3 Å². The maximum atomic E-state index is 9.10. The molecule has 29 heavy (non-hydrogen) atoms. The van der Waals surface area contributed by atoms with Gasteiger partial charge in [-0.2, -0.15) is 5.26 Å². The van der Waals surface area contributed by atoms with Crippen LogP contribution in [0.25, 0.3) is 10.2 Å². The molecule has 2 fully saturated rings. The molecule has 0 radical (unpaired) electrons. The number of anilines is 2. The number of ether oxygens (including phenoxy) is 1. The van der Waals surface area contributed by atoms with E-state index in [-0.39, 0.29) is 12.0 Å². The zero-order valence-electron chi connectivity index (χ0n) is 16.0. The first kappa shape index (κ1) is 18.1. The molecular formula is C21H22N6OS. The SMILES string of the molecule is N#CC1CCN(c2nccnc2O[C@H]2C[C@H](Nc3nc4ccccc4s3)C2)CC1. The Balaban J connectivity index is 1.18. The first-order valence-electron chi connectivity index (χ1n) is 10.0. The average Bonchev–Trinajstić information content (AvgIpc) is 3.15. The normalized spacial score (nSPS) is 22.1. The number of benzene rings is 1. The van der Waals surface area contributed by atoms with E-state index in [9.17, 15) is 0 Å². The van der Waals surface area contributed by atoms with Crippen LogP contribution in [0.4, 0.5) is 10.9 Å². The van der Waals surface area contributed by atoms with Gasteiger partial charge in [-0.25, -0.2) is 15.0 Å². The van der Waals surface area contributed by atoms with Crippen LogP contribution in [0.3, 0.4) is 0 Å². The van der Waals surface area contributed by atoms with E-state index in [0.717, 1.165) is 55.2 Å². The Kier molecular flexibility index (Phi) is 4.90. The zero-order chi connectivity index (χ0) is 19.6. The first-order valence-corrected chi connectivity index (χ1v) is 10.8. The third kappa shape index (κ3) is 3.83. The molecule has 7 nitrogen and oxygen atoms in total. The van der Waals surface area contributed by atoms with Gasteiger partial charge in [0.05, 0.1) is 16.3 Å². The highest BCUT2D eigenvalue weighted by Crippen LogP contribution is 2.34. The number of nitriles is 1. The molecule has 1 aliphatic carbocycles. The molecule has 5 rings (SSSR count). The number of nitrogens with zero attached hydrogens (tertiary/aromatic N) is 5. The summed E-state index contributed by atoms with van der Waals surface area (Å²) in [6.45, 7) is 1.64. The number of nitrogens with one attached hydrogen (secondary N) is 1. The minimum atomic E-state index is 0.133. The smallest absolute Gasteiger partial charge is 0.257 e. The Bertz CT molecular complexity index is 1000. The Morgan fingerprint density at radius 3 is 2.72 bits per heavy atom. The molecule has 0 unspecified atom stereocenters. The maximum absolute atomic E-state index is 9.10. The van der Waals surface area contributed by atoms with Crippen molar-refractivity contribution in [2.45, 2.75) is 37.8 Å². The number of fused-ring (bicyclic) bond motifs is 1. The predicted molar refractivity (Wildman–Crippen MR) is 113 cm³/mol. The van der Waals surface area contributed by atoms with Crippen LogP contribution in [0.2, 0.25) is 0 Å². The van der Waals surface area contributed by atoms with Gasteiger partial charge in [-0.15, -0.1) is 0 Å². The molecule has 3 heterocycles. The van der Waals surface area contributed by atoms with Crippen LogP contribution in [0.5, 0.6) is 5.88 Å². The highest BCUT2D eigenvalue weighted by Gasteiger charge is 2.33. The van der Waals surface area contributed by atoms with Crippen molar-refractivity contribution in [3.05, 3.63) is 36.7 Å². The number of aromatic nitrogens is 3. The Labute approximate surface area is 173 Å². The molecule has 1 N–H and O–H groups in total. The van der Waals surface area contributed by atoms with Gasteiger partial charge in [-0.3, -0.25) is 0 Å². The predicted octanol–water partition coefficient (Wildman–Crippen LogP) is 3.85. The summed E-state index contributed by atoms with van der Waals surface area (Å²) in [5.74, 6) is 1.55. The summed E-state index contributed by atoms with van der Waals surface area (Å²) in [5.41, 5.74) is 1.04. The second kappa shape index (κ2) is 7.84. The summed E-state index contributed by atoms with van der Waals surface area (Å²) < 4.78 is 7.38. The van der Waals surface area contributed by atoms with E-state index >= 15 is 0 Å². The molecule has 1 aliphatic heterocycles. The quantitative estimate of drug-likeness (QED) is 0.689. The number of para-hydroxylation sites is 1. The van der Waals surface area contributed by atoms with Gasteiger partial charge in [0.2, 0.25) is 0 Å². The molecule has 2 aliphatic rings. The van der Waals surface area contributed by atoms with Gasteiger partial charge in [0.25, 0.3) is 5.88 Å². The third-order valence-corrected chi connectivity index (χ3v) is 6.59. The van der Waals surface area contributed by atoms with Crippen molar-refractivity contribution in [1.29, 1.82) is 5.26 Å². The van der Waals surface area contributed by atoms with Crippen LogP contribution in [0, 0.1) is 17.2 Å². The number of rotatable bonds is 5. The van der Waals surface area contributed by atoms with Crippen LogP contribution in [0.15, 0.2) is 36.7 Å². The van der Waals surface area contributed by atoms with Crippen molar-refractivity contribution < 1.29 is 4.74 Å². The first-order chi connectivity index (χ1) is 14.3. The van der Waals surface area contributed by atoms with Crippen LogP contribution in [-0.4, -0.2) is 40.2 Å². The second-order valence-electron chi connectivity index (χ2n) is 7.61. The van der Waals surface area contributed by atoms with E-state index in [1.165, 1.54) is 4.70 Å². The lowest BCUT2D eigenvalue weighted by Crippen LogP contribution is -2.43. The minimum absolute atomic E-state index is 0.133. The molecule has 8 heteroatoms. The summed E-state index contributed by atoms with van der Waals surface area (Å²) >= 11 is 1.69. The second-order valence-corrected chi connectivity index (χ2v) is 8.65. The third-order valence-electron chi connectivity index (χ3n) is 5.62. The van der Waals surface area contributed by atoms with Gasteiger partial charge in [0.1, 0.15) is 6.10 Å². The lowest BCUT2D eigenvalue weighted by molar-refractivity contribution is 0.103. The molecule has 148 valence electrons. The number of thiazole rings is 1. The molecule has 0 spiro atoms. The van der Waals surface area contributed by atoms with E-state index in [1.54, 1.807) is 23.7 Å². The summed E-state index contributed by atoms with van der Waals surface area (Å²) in [6, 6.07) is 10.9. The number of hydrogen-bond donors (Lipinski definition) is 1. The highest BCUT2D eigenvalue weighted by molar-refractivity contribution is 7.22. The molecule has 1 saturated carbocycles. The van der Waals surface area contributed by atoms with Crippen LogP contribution < -0.4 is 15.0 Å². The largest absolute Gasteiger partial charge is 0.472 e. The Morgan fingerprint density at radius 1 is 1.14 bits per heavy atom. The highest BCUT2D eigenvalue weighted by atomic mass is 32.1. The summed E-state index contributed by atoms with van der Waals surface area (Å²) in [7, 11) is 0. The molecule has 0 amide bonds. The summed E-state index contributed by atoms with van der Waals surface area (Å²) in [4.78, 5) is 15.8. The van der Waals surface area contributed by atoms with E-state index in [1.807, 2.05) is 18.2 Å².